The second-order valence-corrected chi connectivity index (χ2v) is 5.99. The van der Waals surface area contributed by atoms with Gasteiger partial charge in [0.15, 0.2) is 0 Å². The van der Waals surface area contributed by atoms with Gasteiger partial charge in [0.05, 0.1) is 6.26 Å². The largest absolute Gasteiger partial charge is 0.373 e. The van der Waals surface area contributed by atoms with Crippen LogP contribution >= 0.6 is 0 Å². The van der Waals surface area contributed by atoms with Crippen molar-refractivity contribution in [1.82, 2.24) is 14.7 Å². The Morgan fingerprint density at radius 3 is 2.32 bits per heavy atom. The van der Waals surface area contributed by atoms with Gasteiger partial charge in [-0.05, 0) is 6.92 Å². The third-order valence-corrected chi connectivity index (χ3v) is 3.26. The molecule has 0 aromatic carbocycles. The first-order chi connectivity index (χ1) is 8.87. The zero-order valence-electron chi connectivity index (χ0n) is 11.7. The van der Waals surface area contributed by atoms with E-state index in [1.807, 2.05) is 20.9 Å². The zero-order valence-corrected chi connectivity index (χ0v) is 12.6. The Balaban J connectivity index is 2.72. The molecule has 0 spiro atoms. The predicted octanol–water partition coefficient (Wildman–Crippen LogP) is 0.350. The van der Waals surface area contributed by atoms with Crippen LogP contribution in [-0.2, 0) is 16.4 Å². The van der Waals surface area contributed by atoms with Crippen LogP contribution in [0.2, 0.25) is 0 Å². The number of nitrogens with one attached hydrogen (secondary N) is 3. The Bertz CT molecular complexity index is 530. The molecule has 1 aromatic heterocycles. The summed E-state index contributed by atoms with van der Waals surface area (Å²) in [6.07, 6.45) is 1.88. The van der Waals surface area contributed by atoms with Gasteiger partial charge in [0, 0.05) is 32.1 Å². The van der Waals surface area contributed by atoms with Gasteiger partial charge in [-0.1, -0.05) is 6.92 Å². The predicted molar refractivity (Wildman–Crippen MR) is 77.0 cm³/mol. The van der Waals surface area contributed by atoms with Crippen molar-refractivity contribution in [3.8, 4) is 0 Å². The van der Waals surface area contributed by atoms with E-state index in [9.17, 15) is 8.42 Å². The number of aryl methyl sites for hydroxylation is 1. The molecule has 19 heavy (non-hydrogen) atoms. The Morgan fingerprint density at radius 2 is 1.79 bits per heavy atom. The fourth-order valence-corrected chi connectivity index (χ4v) is 2.03. The van der Waals surface area contributed by atoms with E-state index in [0.29, 0.717) is 13.1 Å². The molecule has 7 nitrogen and oxygen atoms in total. The van der Waals surface area contributed by atoms with Crippen molar-refractivity contribution in [2.24, 2.45) is 0 Å². The average molecular weight is 287 g/mol. The number of aromatic nitrogens is 2. The summed E-state index contributed by atoms with van der Waals surface area (Å²) >= 11 is 0. The minimum absolute atomic E-state index is 0.318. The van der Waals surface area contributed by atoms with Crippen LogP contribution in [0.1, 0.15) is 18.3 Å². The smallest absolute Gasteiger partial charge is 0.208 e. The van der Waals surface area contributed by atoms with Gasteiger partial charge < -0.3 is 10.6 Å². The maximum atomic E-state index is 10.9. The van der Waals surface area contributed by atoms with Crippen molar-refractivity contribution >= 4 is 21.7 Å². The van der Waals surface area contributed by atoms with E-state index in [4.69, 9.17) is 0 Å². The third kappa shape index (κ3) is 4.99. The quantitative estimate of drug-likeness (QED) is 0.626. The van der Waals surface area contributed by atoms with E-state index in [1.165, 1.54) is 0 Å². The highest BCUT2D eigenvalue weighted by Gasteiger charge is 2.08. The molecule has 1 heterocycles. The number of hydrogen-bond donors (Lipinski definition) is 3. The topological polar surface area (TPSA) is 96.0 Å². The van der Waals surface area contributed by atoms with Crippen LogP contribution < -0.4 is 15.4 Å². The summed E-state index contributed by atoms with van der Waals surface area (Å²) in [7, 11) is -1.34. The summed E-state index contributed by atoms with van der Waals surface area (Å²) < 4.78 is 24.3. The van der Waals surface area contributed by atoms with Crippen LogP contribution in [0.15, 0.2) is 0 Å². The number of anilines is 2. The molecule has 0 aliphatic heterocycles. The van der Waals surface area contributed by atoms with E-state index >= 15 is 0 Å². The van der Waals surface area contributed by atoms with E-state index in [1.54, 1.807) is 0 Å². The fraction of sp³-hybridized carbons (Fsp3) is 0.636. The maximum Gasteiger partial charge on any atom is 0.208 e. The molecule has 0 saturated heterocycles. The molecule has 0 atom stereocenters. The molecule has 0 saturated carbocycles. The molecule has 1 rings (SSSR count). The van der Waals surface area contributed by atoms with Crippen molar-refractivity contribution in [1.29, 1.82) is 0 Å². The monoisotopic (exact) mass is 287 g/mol. The second-order valence-electron chi connectivity index (χ2n) is 4.16. The molecule has 108 valence electrons. The average Bonchev–Trinajstić information content (AvgIpc) is 2.35. The molecule has 8 heteroatoms. The molecule has 1 aromatic rings. The molecule has 0 fully saturated rings. The lowest BCUT2D eigenvalue weighted by Gasteiger charge is -2.13. The summed E-state index contributed by atoms with van der Waals surface area (Å²) in [6.45, 7) is 4.69. The number of hydrogen-bond acceptors (Lipinski definition) is 6. The van der Waals surface area contributed by atoms with Gasteiger partial charge in [-0.2, -0.15) is 0 Å². The minimum Gasteiger partial charge on any atom is -0.373 e. The van der Waals surface area contributed by atoms with Crippen LogP contribution in [0.3, 0.4) is 0 Å². The van der Waals surface area contributed by atoms with E-state index in [-0.39, 0.29) is 0 Å². The lowest BCUT2D eigenvalue weighted by Crippen LogP contribution is -2.28. The van der Waals surface area contributed by atoms with E-state index in [0.717, 1.165) is 35.7 Å². The van der Waals surface area contributed by atoms with Gasteiger partial charge in [-0.25, -0.2) is 23.1 Å². The molecule has 0 amide bonds. The van der Waals surface area contributed by atoms with Crippen LogP contribution in [0, 0.1) is 6.92 Å². The summed E-state index contributed by atoms with van der Waals surface area (Å²) in [6, 6.07) is 0. The van der Waals surface area contributed by atoms with Crippen molar-refractivity contribution in [2.45, 2.75) is 20.3 Å². The molecule has 0 unspecified atom stereocenters. The Morgan fingerprint density at radius 1 is 1.16 bits per heavy atom. The molecular formula is C11H21N5O2S. The summed E-state index contributed by atoms with van der Waals surface area (Å²) in [4.78, 5) is 8.76. The van der Waals surface area contributed by atoms with Crippen LogP contribution in [0.5, 0.6) is 0 Å². The standard InChI is InChI=1S/C11H21N5O2S/c1-5-9-15-10(12-3)8(2)11(16-9)13-6-7-14-19(4,17)18/h14H,5-7H2,1-4H3,(H2,12,13,15,16). The fourth-order valence-electron chi connectivity index (χ4n) is 1.55. The first-order valence-electron chi connectivity index (χ1n) is 6.11. The third-order valence-electron chi connectivity index (χ3n) is 2.53. The highest BCUT2D eigenvalue weighted by Crippen LogP contribution is 2.19. The highest BCUT2D eigenvalue weighted by atomic mass is 32.2. The summed E-state index contributed by atoms with van der Waals surface area (Å²) in [5.74, 6) is 2.26. The van der Waals surface area contributed by atoms with Gasteiger partial charge in [-0.3, -0.25) is 0 Å². The first kappa shape index (κ1) is 15.6. The van der Waals surface area contributed by atoms with Crippen molar-refractivity contribution < 1.29 is 8.42 Å². The van der Waals surface area contributed by atoms with Crippen LogP contribution in [-0.4, -0.2) is 44.8 Å². The van der Waals surface area contributed by atoms with Crippen LogP contribution in [0.4, 0.5) is 11.6 Å². The highest BCUT2D eigenvalue weighted by molar-refractivity contribution is 7.88. The second kappa shape index (κ2) is 6.67. The summed E-state index contributed by atoms with van der Waals surface area (Å²) in [5.41, 5.74) is 0.916. The lowest BCUT2D eigenvalue weighted by molar-refractivity contribution is 0.589. The SMILES string of the molecule is CCc1nc(NC)c(C)c(NCCNS(C)(=O)=O)n1. The Kier molecular flexibility index (Phi) is 5.49. The zero-order chi connectivity index (χ0) is 14.5. The molecule has 0 radical (unpaired) electrons. The van der Waals surface area contributed by atoms with Crippen molar-refractivity contribution in [3.05, 3.63) is 11.4 Å². The number of sulfonamides is 1. The van der Waals surface area contributed by atoms with E-state index in [2.05, 4.69) is 25.3 Å². The molecule has 3 N–H and O–H groups in total. The van der Waals surface area contributed by atoms with Crippen molar-refractivity contribution in [2.75, 3.05) is 37.0 Å². The van der Waals surface area contributed by atoms with Gasteiger partial charge in [-0.15, -0.1) is 0 Å². The van der Waals surface area contributed by atoms with Gasteiger partial charge in [0.25, 0.3) is 0 Å². The lowest BCUT2D eigenvalue weighted by atomic mass is 10.3. The normalized spacial score (nSPS) is 11.4. The maximum absolute atomic E-state index is 10.9. The molecule has 0 bridgehead atoms. The summed E-state index contributed by atoms with van der Waals surface area (Å²) in [5, 5.41) is 6.14. The van der Waals surface area contributed by atoms with Crippen molar-refractivity contribution in [3.63, 3.8) is 0 Å². The molecule has 0 aliphatic carbocycles. The number of rotatable bonds is 7. The Labute approximate surface area is 114 Å². The van der Waals surface area contributed by atoms with Crippen LogP contribution in [0.25, 0.3) is 0 Å². The van der Waals surface area contributed by atoms with E-state index < -0.39 is 10.0 Å². The molecule has 0 aliphatic rings. The van der Waals surface area contributed by atoms with Gasteiger partial charge >= 0.3 is 0 Å². The Hall–Kier alpha value is -1.41. The molecular weight excluding hydrogens is 266 g/mol. The van der Waals surface area contributed by atoms with Gasteiger partial charge in [0.1, 0.15) is 17.5 Å². The number of nitrogens with zero attached hydrogens (tertiary/aromatic N) is 2. The van der Waals surface area contributed by atoms with Gasteiger partial charge in [0.2, 0.25) is 10.0 Å². The minimum atomic E-state index is -3.15. The first-order valence-corrected chi connectivity index (χ1v) is 8.00.